The fraction of sp³-hybridized carbons (Fsp3) is 0.500. The third-order valence-electron chi connectivity index (χ3n) is 3.18. The van der Waals surface area contributed by atoms with Crippen LogP contribution in [0.2, 0.25) is 5.02 Å². The van der Waals surface area contributed by atoms with Gasteiger partial charge in [0.05, 0.1) is 4.90 Å². The van der Waals surface area contributed by atoms with Crippen molar-refractivity contribution >= 4 is 27.5 Å². The molecule has 1 rings (SSSR count). The SMILES string of the molecule is CCCCCCNC(=O)c1cc(Cl)c(C)c(S(N)(=O)=O)c1. The molecule has 0 aliphatic carbocycles. The summed E-state index contributed by atoms with van der Waals surface area (Å²) in [5.74, 6) is -0.349. The molecule has 0 saturated carbocycles. The first-order chi connectivity index (χ1) is 9.77. The van der Waals surface area contributed by atoms with Crippen molar-refractivity contribution < 1.29 is 13.2 Å². The maximum atomic E-state index is 12.0. The Morgan fingerprint density at radius 3 is 2.52 bits per heavy atom. The third-order valence-corrected chi connectivity index (χ3v) is 4.61. The number of unbranched alkanes of at least 4 members (excludes halogenated alkanes) is 3. The Kier molecular flexibility index (Phi) is 6.64. The summed E-state index contributed by atoms with van der Waals surface area (Å²) in [4.78, 5) is 11.9. The molecule has 0 atom stereocenters. The van der Waals surface area contributed by atoms with E-state index in [1.165, 1.54) is 12.1 Å². The number of nitrogens with one attached hydrogen (secondary N) is 1. The lowest BCUT2D eigenvalue weighted by Crippen LogP contribution is -2.25. The van der Waals surface area contributed by atoms with Crippen molar-refractivity contribution in [1.29, 1.82) is 0 Å². The van der Waals surface area contributed by atoms with Gasteiger partial charge in [-0.3, -0.25) is 4.79 Å². The van der Waals surface area contributed by atoms with Crippen LogP contribution < -0.4 is 10.5 Å². The molecule has 0 fully saturated rings. The molecule has 3 N–H and O–H groups in total. The molecule has 0 saturated heterocycles. The molecule has 5 nitrogen and oxygen atoms in total. The lowest BCUT2D eigenvalue weighted by molar-refractivity contribution is 0.0952. The number of hydrogen-bond donors (Lipinski definition) is 2. The van der Waals surface area contributed by atoms with Crippen LogP contribution >= 0.6 is 11.6 Å². The van der Waals surface area contributed by atoms with E-state index >= 15 is 0 Å². The minimum Gasteiger partial charge on any atom is -0.352 e. The molecule has 1 aromatic rings. The highest BCUT2D eigenvalue weighted by Gasteiger charge is 2.18. The van der Waals surface area contributed by atoms with Crippen LogP contribution in [0.5, 0.6) is 0 Å². The lowest BCUT2D eigenvalue weighted by Gasteiger charge is -2.10. The van der Waals surface area contributed by atoms with Crippen LogP contribution in [0.4, 0.5) is 0 Å². The fourth-order valence-corrected chi connectivity index (χ4v) is 3.04. The molecule has 118 valence electrons. The molecule has 1 aromatic carbocycles. The van der Waals surface area contributed by atoms with Crippen molar-refractivity contribution in [2.24, 2.45) is 5.14 Å². The van der Waals surface area contributed by atoms with E-state index < -0.39 is 10.0 Å². The van der Waals surface area contributed by atoms with Crippen molar-refractivity contribution in [3.63, 3.8) is 0 Å². The van der Waals surface area contributed by atoms with E-state index in [-0.39, 0.29) is 21.4 Å². The van der Waals surface area contributed by atoms with E-state index in [1.807, 2.05) is 0 Å². The third kappa shape index (κ3) is 5.30. The maximum Gasteiger partial charge on any atom is 0.251 e. The Hall–Kier alpha value is -1.11. The van der Waals surface area contributed by atoms with Gasteiger partial charge >= 0.3 is 0 Å². The first-order valence-corrected chi connectivity index (χ1v) is 8.81. The second-order valence-corrected chi connectivity index (χ2v) is 6.88. The molecule has 21 heavy (non-hydrogen) atoms. The van der Waals surface area contributed by atoms with Gasteiger partial charge in [0.15, 0.2) is 0 Å². The van der Waals surface area contributed by atoms with Gasteiger partial charge < -0.3 is 5.32 Å². The Morgan fingerprint density at radius 2 is 1.95 bits per heavy atom. The van der Waals surface area contributed by atoms with E-state index in [4.69, 9.17) is 16.7 Å². The molecule has 0 bridgehead atoms. The molecular weight excluding hydrogens is 312 g/mol. The number of amides is 1. The van der Waals surface area contributed by atoms with Crippen LogP contribution in [0.25, 0.3) is 0 Å². The predicted molar refractivity (Wildman–Crippen MR) is 84.0 cm³/mol. The van der Waals surface area contributed by atoms with E-state index in [2.05, 4.69) is 12.2 Å². The topological polar surface area (TPSA) is 89.3 Å². The molecule has 0 radical (unpaired) electrons. The number of primary sulfonamides is 1. The summed E-state index contributed by atoms with van der Waals surface area (Å²) in [5, 5.41) is 8.09. The highest BCUT2D eigenvalue weighted by molar-refractivity contribution is 7.89. The van der Waals surface area contributed by atoms with Gasteiger partial charge in [0.2, 0.25) is 10.0 Å². The second kappa shape index (κ2) is 7.77. The largest absolute Gasteiger partial charge is 0.352 e. The molecule has 0 aromatic heterocycles. The second-order valence-electron chi connectivity index (χ2n) is 4.94. The minimum atomic E-state index is -3.91. The fourth-order valence-electron chi connectivity index (χ4n) is 1.94. The Balaban J connectivity index is 2.84. The number of sulfonamides is 1. The van der Waals surface area contributed by atoms with Gasteiger partial charge in [0.25, 0.3) is 5.91 Å². The van der Waals surface area contributed by atoms with Crippen LogP contribution in [0.15, 0.2) is 17.0 Å². The number of benzene rings is 1. The Bertz CT molecular complexity index is 615. The molecule has 0 spiro atoms. The lowest BCUT2D eigenvalue weighted by atomic mass is 10.1. The summed E-state index contributed by atoms with van der Waals surface area (Å²) in [6, 6.07) is 2.71. The van der Waals surface area contributed by atoms with Crippen LogP contribution in [-0.4, -0.2) is 20.9 Å². The van der Waals surface area contributed by atoms with Crippen LogP contribution in [-0.2, 0) is 10.0 Å². The quantitative estimate of drug-likeness (QED) is 0.752. The average molecular weight is 333 g/mol. The molecule has 7 heteroatoms. The number of nitrogens with two attached hydrogens (primary N) is 1. The minimum absolute atomic E-state index is 0.119. The van der Waals surface area contributed by atoms with Crippen molar-refractivity contribution in [3.8, 4) is 0 Å². The maximum absolute atomic E-state index is 12.0. The predicted octanol–water partition coefficient (Wildman–Crippen LogP) is 2.61. The summed E-state index contributed by atoms with van der Waals surface area (Å²) in [5.41, 5.74) is 0.545. The van der Waals surface area contributed by atoms with E-state index in [1.54, 1.807) is 6.92 Å². The van der Waals surface area contributed by atoms with Crippen LogP contribution in [0.3, 0.4) is 0 Å². The van der Waals surface area contributed by atoms with E-state index in [9.17, 15) is 13.2 Å². The van der Waals surface area contributed by atoms with E-state index in [0.717, 1.165) is 25.7 Å². The number of carbonyl (C=O) groups is 1. The number of halogens is 1. The molecule has 0 heterocycles. The van der Waals surface area contributed by atoms with Crippen molar-refractivity contribution in [2.75, 3.05) is 6.54 Å². The number of hydrogen-bond acceptors (Lipinski definition) is 3. The average Bonchev–Trinajstić information content (AvgIpc) is 2.39. The van der Waals surface area contributed by atoms with Crippen LogP contribution in [0, 0.1) is 6.92 Å². The monoisotopic (exact) mass is 332 g/mol. The Labute approximate surface area is 130 Å². The standard InChI is InChI=1S/C14H21ClN2O3S/c1-3-4-5-6-7-17-14(18)11-8-12(15)10(2)13(9-11)21(16,19)20/h8-9H,3-7H2,1-2H3,(H,17,18)(H2,16,19,20). The summed E-state index contributed by atoms with van der Waals surface area (Å²) < 4.78 is 23.0. The summed E-state index contributed by atoms with van der Waals surface area (Å²) in [6.45, 7) is 4.21. The van der Waals surface area contributed by atoms with Crippen molar-refractivity contribution in [1.82, 2.24) is 5.32 Å². The highest BCUT2D eigenvalue weighted by atomic mass is 35.5. The molecule has 0 aliphatic rings. The molecule has 0 unspecified atom stereocenters. The summed E-state index contributed by atoms with van der Waals surface area (Å²) in [7, 11) is -3.91. The zero-order valence-corrected chi connectivity index (χ0v) is 13.9. The number of rotatable bonds is 7. The van der Waals surface area contributed by atoms with Gasteiger partial charge in [0, 0.05) is 17.1 Å². The van der Waals surface area contributed by atoms with Crippen molar-refractivity contribution in [2.45, 2.75) is 44.4 Å². The summed E-state index contributed by atoms with van der Waals surface area (Å²) >= 11 is 5.97. The van der Waals surface area contributed by atoms with Gasteiger partial charge in [-0.05, 0) is 31.0 Å². The Morgan fingerprint density at radius 1 is 1.29 bits per heavy atom. The normalized spacial score (nSPS) is 11.4. The van der Waals surface area contributed by atoms with Gasteiger partial charge in [-0.2, -0.15) is 0 Å². The van der Waals surface area contributed by atoms with Gasteiger partial charge in [-0.25, -0.2) is 13.6 Å². The smallest absolute Gasteiger partial charge is 0.251 e. The van der Waals surface area contributed by atoms with Crippen LogP contribution in [0.1, 0.15) is 48.5 Å². The van der Waals surface area contributed by atoms with Crippen molar-refractivity contribution in [3.05, 3.63) is 28.3 Å². The zero-order valence-electron chi connectivity index (χ0n) is 12.3. The van der Waals surface area contributed by atoms with Gasteiger partial charge in [-0.1, -0.05) is 37.8 Å². The first-order valence-electron chi connectivity index (χ1n) is 6.88. The number of carbonyl (C=O) groups excluding carboxylic acids is 1. The molecule has 1 amide bonds. The van der Waals surface area contributed by atoms with Gasteiger partial charge in [-0.15, -0.1) is 0 Å². The summed E-state index contributed by atoms with van der Waals surface area (Å²) in [6.07, 6.45) is 4.19. The highest BCUT2D eigenvalue weighted by Crippen LogP contribution is 2.24. The van der Waals surface area contributed by atoms with E-state index in [0.29, 0.717) is 12.1 Å². The zero-order chi connectivity index (χ0) is 16.0. The van der Waals surface area contributed by atoms with Gasteiger partial charge in [0.1, 0.15) is 0 Å². The molecular formula is C14H21ClN2O3S. The first kappa shape index (κ1) is 17.9. The molecule has 0 aliphatic heterocycles.